The molecule has 3 rings (SSSR count). The van der Waals surface area contributed by atoms with Gasteiger partial charge in [0, 0.05) is 36.2 Å². The second-order valence-electron chi connectivity index (χ2n) is 8.50. The number of aryl methyl sites for hydroxylation is 1. The molecule has 5 heteroatoms. The summed E-state index contributed by atoms with van der Waals surface area (Å²) in [5.74, 6) is 0.598. The molecule has 0 saturated carbocycles. The summed E-state index contributed by atoms with van der Waals surface area (Å²) in [6, 6.07) is 6.12. The van der Waals surface area contributed by atoms with Gasteiger partial charge in [0.15, 0.2) is 0 Å². The lowest BCUT2D eigenvalue weighted by Crippen LogP contribution is -2.40. The largest absolute Gasteiger partial charge is 0.336 e. The summed E-state index contributed by atoms with van der Waals surface area (Å²) in [6.07, 6.45) is 5.23. The van der Waals surface area contributed by atoms with E-state index in [1.54, 1.807) is 13.0 Å². The van der Waals surface area contributed by atoms with E-state index in [1.165, 1.54) is 12.8 Å². The number of anilines is 1. The normalized spacial score (nSPS) is 15.1. The van der Waals surface area contributed by atoms with Gasteiger partial charge in [-0.25, -0.2) is 14.4 Å². The lowest BCUT2D eigenvalue weighted by Gasteiger charge is -2.34. The molecule has 1 aromatic heterocycles. The smallest absolute Gasteiger partial charge is 0.226 e. The first kappa shape index (κ1) is 21.7. The third-order valence-electron chi connectivity index (χ3n) is 5.85. The van der Waals surface area contributed by atoms with Crippen LogP contribution in [0.1, 0.15) is 63.8 Å². The zero-order chi connectivity index (χ0) is 21.0. The minimum atomic E-state index is -0.180. The average Bonchev–Trinajstić information content (AvgIpc) is 2.93. The minimum Gasteiger partial charge on any atom is -0.336 e. The van der Waals surface area contributed by atoms with Crippen LogP contribution in [0.5, 0.6) is 0 Å². The number of fused-ring (bicyclic) bond motifs is 1. The lowest BCUT2D eigenvalue weighted by atomic mass is 10.00. The molecule has 4 nitrogen and oxygen atoms in total. The molecule has 0 fully saturated rings. The van der Waals surface area contributed by atoms with Gasteiger partial charge in [-0.3, -0.25) is 0 Å². The van der Waals surface area contributed by atoms with Gasteiger partial charge in [-0.15, -0.1) is 0 Å². The van der Waals surface area contributed by atoms with E-state index >= 15 is 0 Å². The summed E-state index contributed by atoms with van der Waals surface area (Å²) in [5.41, 5.74) is 4.66. The third-order valence-corrected chi connectivity index (χ3v) is 5.85. The number of hydrogen-bond donors (Lipinski definition) is 1. The highest BCUT2D eigenvalue weighted by atomic mass is 19.1. The summed E-state index contributed by atoms with van der Waals surface area (Å²) in [7, 11) is 0. The van der Waals surface area contributed by atoms with Crippen LogP contribution in [0.2, 0.25) is 0 Å². The average molecular weight is 399 g/mol. The van der Waals surface area contributed by atoms with Crippen molar-refractivity contribution >= 4 is 5.95 Å². The van der Waals surface area contributed by atoms with Crippen molar-refractivity contribution in [2.24, 2.45) is 0 Å². The van der Waals surface area contributed by atoms with Crippen molar-refractivity contribution in [3.05, 3.63) is 40.8 Å². The van der Waals surface area contributed by atoms with Gasteiger partial charge in [-0.1, -0.05) is 31.9 Å². The van der Waals surface area contributed by atoms with E-state index in [4.69, 9.17) is 9.97 Å². The monoisotopic (exact) mass is 398 g/mol. The van der Waals surface area contributed by atoms with Crippen LogP contribution in [0.15, 0.2) is 18.2 Å². The van der Waals surface area contributed by atoms with Crippen LogP contribution in [0.3, 0.4) is 0 Å². The van der Waals surface area contributed by atoms with Crippen LogP contribution in [-0.4, -0.2) is 35.1 Å². The first-order chi connectivity index (χ1) is 13.9. The van der Waals surface area contributed by atoms with Crippen LogP contribution in [0.4, 0.5) is 10.3 Å². The van der Waals surface area contributed by atoms with Crippen LogP contribution >= 0.6 is 0 Å². The summed E-state index contributed by atoms with van der Waals surface area (Å²) >= 11 is 0. The van der Waals surface area contributed by atoms with Crippen molar-refractivity contribution in [2.45, 2.75) is 78.8 Å². The van der Waals surface area contributed by atoms with E-state index < -0.39 is 0 Å². The molecule has 0 aliphatic carbocycles. The van der Waals surface area contributed by atoms with Crippen molar-refractivity contribution in [2.75, 3.05) is 18.0 Å². The van der Waals surface area contributed by atoms with Gasteiger partial charge in [0.1, 0.15) is 5.82 Å². The second kappa shape index (κ2) is 9.66. The second-order valence-corrected chi connectivity index (χ2v) is 8.50. The molecule has 1 aliphatic heterocycles. The Hall–Kier alpha value is -2.01. The molecule has 2 aromatic rings. The van der Waals surface area contributed by atoms with Gasteiger partial charge in [0.05, 0.1) is 11.4 Å². The Morgan fingerprint density at radius 2 is 1.90 bits per heavy atom. The zero-order valence-electron chi connectivity index (χ0n) is 18.6. The van der Waals surface area contributed by atoms with E-state index in [0.29, 0.717) is 17.6 Å². The first-order valence-electron chi connectivity index (χ1n) is 11.1. The number of halogens is 1. The number of nitrogens with zero attached hydrogens (tertiary/aromatic N) is 3. The Morgan fingerprint density at radius 1 is 1.14 bits per heavy atom. The molecule has 2 heterocycles. The SMILES string of the molecule is CCCC[C@H](C)N(c1nc2c(c(-c3ccc(C)c(F)c3)n1)CCNCC2)C(C)C. The Bertz CT molecular complexity index is 834. The summed E-state index contributed by atoms with van der Waals surface area (Å²) in [5, 5.41) is 3.46. The Balaban J connectivity index is 2.12. The maximum atomic E-state index is 14.4. The standard InChI is InChI=1S/C24H35FN4/c1-6-7-8-18(5)29(16(2)3)24-27-22-12-14-26-13-11-20(22)23(28-24)19-10-9-17(4)21(25)15-19/h9-10,15-16,18,26H,6-8,11-14H2,1-5H3/t18-/m0/s1. The number of aromatic nitrogens is 2. The number of rotatable bonds is 7. The molecule has 0 amide bonds. The molecule has 0 radical (unpaired) electrons. The van der Waals surface area contributed by atoms with Crippen molar-refractivity contribution in [1.82, 2.24) is 15.3 Å². The Kier molecular flexibility index (Phi) is 7.23. The van der Waals surface area contributed by atoms with Crippen LogP contribution in [0, 0.1) is 12.7 Å². The maximum Gasteiger partial charge on any atom is 0.226 e. The molecular weight excluding hydrogens is 363 g/mol. The molecule has 0 saturated heterocycles. The maximum absolute atomic E-state index is 14.4. The molecule has 0 bridgehead atoms. The van der Waals surface area contributed by atoms with Gasteiger partial charge in [0.25, 0.3) is 0 Å². The minimum absolute atomic E-state index is 0.180. The topological polar surface area (TPSA) is 41.1 Å². The van der Waals surface area contributed by atoms with Crippen molar-refractivity contribution in [3.8, 4) is 11.3 Å². The molecule has 158 valence electrons. The van der Waals surface area contributed by atoms with Gasteiger partial charge >= 0.3 is 0 Å². The van der Waals surface area contributed by atoms with Gasteiger partial charge in [-0.05, 0) is 58.7 Å². The van der Waals surface area contributed by atoms with E-state index in [1.807, 2.05) is 12.1 Å². The first-order valence-corrected chi connectivity index (χ1v) is 11.1. The highest BCUT2D eigenvalue weighted by Gasteiger charge is 2.25. The molecule has 1 aliphatic rings. The molecule has 0 unspecified atom stereocenters. The number of nitrogens with one attached hydrogen (secondary N) is 1. The fraction of sp³-hybridized carbons (Fsp3) is 0.583. The van der Waals surface area contributed by atoms with Gasteiger partial charge < -0.3 is 10.2 Å². The van der Waals surface area contributed by atoms with Crippen LogP contribution in [0.25, 0.3) is 11.3 Å². The molecule has 1 aromatic carbocycles. The highest BCUT2D eigenvalue weighted by molar-refractivity contribution is 5.66. The molecule has 0 spiro atoms. The predicted molar refractivity (Wildman–Crippen MR) is 119 cm³/mol. The Morgan fingerprint density at radius 3 is 2.59 bits per heavy atom. The fourth-order valence-electron chi connectivity index (χ4n) is 4.20. The third kappa shape index (κ3) is 4.95. The quantitative estimate of drug-likeness (QED) is 0.707. The van der Waals surface area contributed by atoms with Crippen LogP contribution < -0.4 is 10.2 Å². The molecule has 1 atom stereocenters. The van der Waals surface area contributed by atoms with E-state index in [0.717, 1.165) is 60.8 Å². The van der Waals surface area contributed by atoms with Crippen molar-refractivity contribution < 1.29 is 4.39 Å². The molecule has 1 N–H and O–H groups in total. The van der Waals surface area contributed by atoms with Crippen LogP contribution in [-0.2, 0) is 12.8 Å². The summed E-state index contributed by atoms with van der Waals surface area (Å²) < 4.78 is 14.4. The highest BCUT2D eigenvalue weighted by Crippen LogP contribution is 2.30. The molecular formula is C24H35FN4. The van der Waals surface area contributed by atoms with E-state index in [9.17, 15) is 4.39 Å². The van der Waals surface area contributed by atoms with E-state index in [-0.39, 0.29) is 5.82 Å². The lowest BCUT2D eigenvalue weighted by molar-refractivity contribution is 0.512. The number of hydrogen-bond acceptors (Lipinski definition) is 4. The number of benzene rings is 1. The van der Waals surface area contributed by atoms with Crippen molar-refractivity contribution in [1.29, 1.82) is 0 Å². The summed E-state index contributed by atoms with van der Waals surface area (Å²) in [4.78, 5) is 12.4. The van der Waals surface area contributed by atoms with Gasteiger partial charge in [0.2, 0.25) is 5.95 Å². The molecule has 29 heavy (non-hydrogen) atoms. The number of unbranched alkanes of at least 4 members (excludes halogenated alkanes) is 1. The fourth-order valence-corrected chi connectivity index (χ4v) is 4.20. The zero-order valence-corrected chi connectivity index (χ0v) is 18.6. The summed E-state index contributed by atoms with van der Waals surface area (Å²) in [6.45, 7) is 12.5. The van der Waals surface area contributed by atoms with Gasteiger partial charge in [-0.2, -0.15) is 0 Å². The van der Waals surface area contributed by atoms with E-state index in [2.05, 4.69) is 37.9 Å². The van der Waals surface area contributed by atoms with Crippen molar-refractivity contribution in [3.63, 3.8) is 0 Å². The Labute approximate surface area is 175 Å². The predicted octanol–water partition coefficient (Wildman–Crippen LogP) is 5.07.